The molecule has 0 spiro atoms. The zero-order valence-corrected chi connectivity index (χ0v) is 20.3. The molecule has 1 aliphatic rings. The molecular formula is C29H22N2O4S. The largest absolute Gasteiger partial charge is 0.867 e. The van der Waals surface area contributed by atoms with Gasteiger partial charge in [-0.3, -0.25) is 4.79 Å². The van der Waals surface area contributed by atoms with Gasteiger partial charge in [0.05, 0.1) is 4.90 Å². The van der Waals surface area contributed by atoms with Crippen LogP contribution in [0.4, 0.5) is 0 Å². The number of Topliss-reactive ketones (excluding diaryl/α,β-unsaturated/α-hetero) is 1. The van der Waals surface area contributed by atoms with E-state index in [1.165, 1.54) is 22.8 Å². The Kier molecular flexibility index (Phi) is 6.08. The topological polar surface area (TPSA) is 90.5 Å². The zero-order valence-electron chi connectivity index (χ0n) is 19.5. The number of carbonyl (C=O) groups is 1. The third kappa shape index (κ3) is 4.48. The summed E-state index contributed by atoms with van der Waals surface area (Å²) in [5.41, 5.74) is 2.70. The smallest absolute Gasteiger partial charge is 0.283 e. The first-order valence-corrected chi connectivity index (χ1v) is 12.8. The summed E-state index contributed by atoms with van der Waals surface area (Å²) in [6.07, 6.45) is 3.95. The normalized spacial score (nSPS) is 14.7. The van der Waals surface area contributed by atoms with Crippen molar-refractivity contribution in [3.8, 4) is 0 Å². The number of rotatable bonds is 5. The number of fused-ring (bicyclic) bond motifs is 1. The maximum absolute atomic E-state index is 13.6. The molecule has 7 heteroatoms. The van der Waals surface area contributed by atoms with Crippen LogP contribution in [0.15, 0.2) is 113 Å². The third-order valence-corrected chi connectivity index (χ3v) is 7.26. The van der Waals surface area contributed by atoms with Gasteiger partial charge in [0.1, 0.15) is 0 Å². The maximum atomic E-state index is 13.6. The molecule has 0 saturated carbocycles. The van der Waals surface area contributed by atoms with Crippen molar-refractivity contribution in [2.75, 3.05) is 0 Å². The molecule has 3 aromatic carbocycles. The fourth-order valence-electron chi connectivity index (χ4n) is 4.16. The van der Waals surface area contributed by atoms with E-state index in [-0.39, 0.29) is 21.7 Å². The van der Waals surface area contributed by atoms with E-state index in [1.807, 2.05) is 43.3 Å². The van der Waals surface area contributed by atoms with Crippen LogP contribution in [0.1, 0.15) is 32.6 Å². The molecule has 1 aliphatic carbocycles. The number of allylic oxidation sites excluding steroid dienone is 1. The van der Waals surface area contributed by atoms with Crippen molar-refractivity contribution in [2.45, 2.75) is 18.2 Å². The van der Waals surface area contributed by atoms with Crippen molar-refractivity contribution in [3.63, 3.8) is 0 Å². The number of pyridine rings is 1. The number of hydrogen-bond donors (Lipinski definition) is 0. The van der Waals surface area contributed by atoms with E-state index < -0.39 is 27.3 Å². The van der Waals surface area contributed by atoms with Gasteiger partial charge in [0.2, 0.25) is 11.5 Å². The van der Waals surface area contributed by atoms with Gasteiger partial charge in [0.15, 0.2) is 18.1 Å². The number of aromatic nitrogens is 1. The first-order valence-electron chi connectivity index (χ1n) is 11.4. The Morgan fingerprint density at radius 1 is 0.806 bits per heavy atom. The Balaban J connectivity index is 1.68. The van der Waals surface area contributed by atoms with Crippen molar-refractivity contribution in [1.29, 1.82) is 0 Å². The summed E-state index contributed by atoms with van der Waals surface area (Å²) in [5, 5.41) is 13.6. The van der Waals surface area contributed by atoms with Crippen molar-refractivity contribution in [3.05, 3.63) is 131 Å². The van der Waals surface area contributed by atoms with Gasteiger partial charge in [-0.1, -0.05) is 72.3 Å². The highest BCUT2D eigenvalue weighted by molar-refractivity contribution is 7.90. The number of nitrogens with zero attached hydrogens (tertiary/aromatic N) is 2. The minimum absolute atomic E-state index is 0.0538. The molecular weight excluding hydrogens is 472 g/mol. The Bertz CT molecular complexity index is 1640. The molecule has 178 valence electrons. The summed E-state index contributed by atoms with van der Waals surface area (Å²) in [5.74, 6) is -1.08. The Labute approximate surface area is 209 Å². The standard InChI is InChI=1S/C29H22N2O4S/c1-20-13-15-23(16-14-20)36(34,35)30-26-27(29(33)25-12-6-5-11-24(25)28(26)32)31-17-7-10-22(19-31)18-21-8-3-2-4-9-21/h2-17,19H,18H2,1H3. The fourth-order valence-corrected chi connectivity index (χ4v) is 5.15. The van der Waals surface area contributed by atoms with Gasteiger partial charge in [0, 0.05) is 23.6 Å². The summed E-state index contributed by atoms with van der Waals surface area (Å²) < 4.78 is 31.8. The highest BCUT2D eigenvalue weighted by Crippen LogP contribution is 2.28. The quantitative estimate of drug-likeness (QED) is 0.397. The van der Waals surface area contributed by atoms with E-state index in [0.29, 0.717) is 6.42 Å². The first-order chi connectivity index (χ1) is 17.3. The molecule has 0 aliphatic heterocycles. The van der Waals surface area contributed by atoms with E-state index in [9.17, 15) is 18.3 Å². The molecule has 5 rings (SSSR count). The summed E-state index contributed by atoms with van der Waals surface area (Å²) in [6.45, 7) is 1.84. The van der Waals surface area contributed by atoms with Gasteiger partial charge in [-0.15, -0.1) is 4.40 Å². The van der Waals surface area contributed by atoms with Crippen LogP contribution >= 0.6 is 0 Å². The van der Waals surface area contributed by atoms with Gasteiger partial charge in [-0.25, -0.2) is 0 Å². The van der Waals surface area contributed by atoms with Gasteiger partial charge in [-0.05, 0) is 42.0 Å². The van der Waals surface area contributed by atoms with Crippen LogP contribution in [0.3, 0.4) is 0 Å². The van der Waals surface area contributed by atoms with Crippen LogP contribution in [0, 0.1) is 6.92 Å². The van der Waals surface area contributed by atoms with E-state index in [4.69, 9.17) is 0 Å². The molecule has 0 radical (unpaired) electrons. The third-order valence-electron chi connectivity index (χ3n) is 5.97. The van der Waals surface area contributed by atoms with Crippen LogP contribution in [0.2, 0.25) is 0 Å². The Hall–Kier alpha value is -4.36. The highest BCUT2D eigenvalue weighted by atomic mass is 32.2. The summed E-state index contributed by atoms with van der Waals surface area (Å²) >= 11 is 0. The monoisotopic (exact) mass is 494 g/mol. The Morgan fingerprint density at radius 3 is 2.17 bits per heavy atom. The van der Waals surface area contributed by atoms with Crippen LogP contribution in [0.5, 0.6) is 0 Å². The van der Waals surface area contributed by atoms with Crippen LogP contribution in [-0.4, -0.2) is 19.9 Å². The predicted octanol–water partition coefficient (Wildman–Crippen LogP) is 3.59. The second-order valence-electron chi connectivity index (χ2n) is 8.56. The molecule has 36 heavy (non-hydrogen) atoms. The SMILES string of the molecule is Cc1ccc(S(=O)(=O)N=C2C(=O)c3ccccc3C([O-])=C2[n+]2cccc(Cc3ccccc3)c2)cc1. The molecule has 1 aromatic heterocycles. The van der Waals surface area contributed by atoms with Crippen LogP contribution < -0.4 is 9.67 Å². The molecule has 0 fully saturated rings. The minimum Gasteiger partial charge on any atom is -0.867 e. The van der Waals surface area contributed by atoms with E-state index in [1.54, 1.807) is 48.8 Å². The van der Waals surface area contributed by atoms with Gasteiger partial charge in [-0.2, -0.15) is 13.0 Å². The lowest BCUT2D eigenvalue weighted by atomic mass is 9.91. The van der Waals surface area contributed by atoms with Crippen LogP contribution in [0.25, 0.3) is 11.5 Å². The van der Waals surface area contributed by atoms with Crippen molar-refractivity contribution >= 4 is 33.0 Å². The molecule has 1 heterocycles. The zero-order chi connectivity index (χ0) is 25.3. The molecule has 0 saturated heterocycles. The van der Waals surface area contributed by atoms with Gasteiger partial charge >= 0.3 is 0 Å². The fraction of sp³-hybridized carbons (Fsp3) is 0.0690. The summed E-state index contributed by atoms with van der Waals surface area (Å²) in [7, 11) is -4.25. The Morgan fingerprint density at radius 2 is 1.44 bits per heavy atom. The first kappa shape index (κ1) is 23.4. The number of ketones is 1. The molecule has 0 amide bonds. The number of aryl methyl sites for hydroxylation is 1. The van der Waals surface area contributed by atoms with E-state index >= 15 is 0 Å². The van der Waals surface area contributed by atoms with Gasteiger partial charge < -0.3 is 5.11 Å². The van der Waals surface area contributed by atoms with E-state index in [2.05, 4.69) is 4.40 Å². The lowest BCUT2D eigenvalue weighted by molar-refractivity contribution is -0.578. The molecule has 0 unspecified atom stereocenters. The average Bonchev–Trinajstić information content (AvgIpc) is 2.88. The minimum atomic E-state index is -4.25. The number of benzene rings is 3. The predicted molar refractivity (Wildman–Crippen MR) is 136 cm³/mol. The van der Waals surface area contributed by atoms with Gasteiger partial charge in [0.25, 0.3) is 10.0 Å². The molecule has 6 nitrogen and oxygen atoms in total. The second-order valence-corrected chi connectivity index (χ2v) is 10.2. The number of sulfonamides is 1. The number of carbonyl (C=O) groups excluding carboxylic acids is 1. The summed E-state index contributed by atoms with van der Waals surface area (Å²) in [4.78, 5) is 13.4. The van der Waals surface area contributed by atoms with E-state index in [0.717, 1.165) is 16.7 Å². The number of hydrogen-bond acceptors (Lipinski definition) is 4. The molecule has 0 bridgehead atoms. The lowest BCUT2D eigenvalue weighted by Gasteiger charge is -2.23. The summed E-state index contributed by atoms with van der Waals surface area (Å²) in [6, 6.07) is 26.1. The molecule has 0 N–H and O–H groups in total. The maximum Gasteiger partial charge on any atom is 0.283 e. The second kappa shape index (κ2) is 9.36. The van der Waals surface area contributed by atoms with Crippen molar-refractivity contribution in [1.82, 2.24) is 0 Å². The molecule has 4 aromatic rings. The van der Waals surface area contributed by atoms with Crippen molar-refractivity contribution in [2.24, 2.45) is 4.40 Å². The average molecular weight is 495 g/mol. The molecule has 0 atom stereocenters. The highest BCUT2D eigenvalue weighted by Gasteiger charge is 2.35. The lowest BCUT2D eigenvalue weighted by Crippen LogP contribution is -2.44. The van der Waals surface area contributed by atoms with Crippen molar-refractivity contribution < 1.29 is 22.9 Å². The van der Waals surface area contributed by atoms with Crippen LogP contribution in [-0.2, 0) is 16.4 Å².